The van der Waals surface area contributed by atoms with E-state index in [1.54, 1.807) is 36.4 Å². The topological polar surface area (TPSA) is 65.7 Å². The molecule has 0 fully saturated rings. The lowest BCUT2D eigenvalue weighted by molar-refractivity contribution is -0.154. The first-order chi connectivity index (χ1) is 18.8. The van der Waals surface area contributed by atoms with Crippen LogP contribution in [0, 0.1) is 0 Å². The van der Waals surface area contributed by atoms with Gasteiger partial charge in [0.2, 0.25) is 11.2 Å². The van der Waals surface area contributed by atoms with Gasteiger partial charge in [-0.25, -0.2) is 4.79 Å². The molecule has 0 bridgehead atoms. The van der Waals surface area contributed by atoms with Crippen LogP contribution in [0.1, 0.15) is 11.3 Å². The fourth-order valence-electron chi connectivity index (χ4n) is 3.84. The molecule has 5 aromatic rings. The molecule has 5 nitrogen and oxygen atoms in total. The molecule has 0 aliphatic heterocycles. The number of carbonyl (C=O) groups excluding carboxylic acids is 1. The summed E-state index contributed by atoms with van der Waals surface area (Å²) in [6, 6.07) is 28.2. The van der Waals surface area contributed by atoms with Crippen LogP contribution in [0.5, 0.6) is 17.2 Å². The summed E-state index contributed by atoms with van der Waals surface area (Å²) in [6.45, 7) is 0. The molecule has 0 saturated heterocycles. The van der Waals surface area contributed by atoms with Gasteiger partial charge in [-0.15, -0.1) is 0 Å². The van der Waals surface area contributed by atoms with Crippen molar-refractivity contribution < 1.29 is 31.9 Å². The first-order valence-electron chi connectivity index (χ1n) is 11.7. The summed E-state index contributed by atoms with van der Waals surface area (Å²) in [6.07, 6.45) is -2.32. The van der Waals surface area contributed by atoms with Crippen molar-refractivity contribution in [3.63, 3.8) is 0 Å². The summed E-state index contributed by atoms with van der Waals surface area (Å²) in [4.78, 5) is 25.3. The molecule has 0 saturated carbocycles. The Morgan fingerprint density at radius 3 is 2.05 bits per heavy atom. The maximum Gasteiger partial charge on any atom is 0.453 e. The van der Waals surface area contributed by atoms with Crippen LogP contribution in [0.4, 0.5) is 13.2 Å². The molecule has 39 heavy (non-hydrogen) atoms. The van der Waals surface area contributed by atoms with Crippen molar-refractivity contribution in [3.05, 3.63) is 131 Å². The minimum absolute atomic E-state index is 0.0302. The van der Waals surface area contributed by atoms with Gasteiger partial charge in [0.1, 0.15) is 17.1 Å². The molecule has 0 radical (unpaired) electrons. The number of hydrogen-bond acceptors (Lipinski definition) is 5. The monoisotopic (exact) mass is 528 g/mol. The molecule has 0 N–H and O–H groups in total. The molecule has 5 rings (SSSR count). The number of rotatable bonds is 6. The normalized spacial score (nSPS) is 11.6. The number of ether oxygens (including phenoxy) is 2. The van der Waals surface area contributed by atoms with Crippen molar-refractivity contribution in [2.75, 3.05) is 0 Å². The van der Waals surface area contributed by atoms with Crippen LogP contribution in [0.2, 0.25) is 0 Å². The van der Waals surface area contributed by atoms with Gasteiger partial charge in [-0.2, -0.15) is 13.2 Å². The number of esters is 1. The van der Waals surface area contributed by atoms with Crippen LogP contribution >= 0.6 is 0 Å². The SMILES string of the molecule is O=C(/C=C/c1ccccc1)Oc1ccc2c(=O)c(Oc3ccc(-c4ccccc4)cc3)c(C(F)(F)F)oc2c1. The van der Waals surface area contributed by atoms with Crippen LogP contribution in [0.25, 0.3) is 28.2 Å². The maximum absolute atomic E-state index is 13.9. The summed E-state index contributed by atoms with van der Waals surface area (Å²) in [5.41, 5.74) is 1.08. The Hall–Kier alpha value is -5.11. The molecular weight excluding hydrogens is 509 g/mol. The van der Waals surface area contributed by atoms with Crippen LogP contribution in [-0.4, -0.2) is 5.97 Å². The lowest BCUT2D eigenvalue weighted by atomic mass is 10.1. The van der Waals surface area contributed by atoms with Crippen molar-refractivity contribution in [1.82, 2.24) is 0 Å². The molecule has 8 heteroatoms. The lowest BCUT2D eigenvalue weighted by Gasteiger charge is -2.14. The Balaban J connectivity index is 1.44. The number of alkyl halides is 3. The molecule has 0 aliphatic rings. The Bertz CT molecular complexity index is 1710. The van der Waals surface area contributed by atoms with Crippen LogP contribution < -0.4 is 14.9 Å². The Morgan fingerprint density at radius 2 is 1.38 bits per heavy atom. The van der Waals surface area contributed by atoms with E-state index in [-0.39, 0.29) is 16.9 Å². The average molecular weight is 528 g/mol. The molecular formula is C31H19F3O5. The fourth-order valence-corrected chi connectivity index (χ4v) is 3.84. The highest BCUT2D eigenvalue weighted by Crippen LogP contribution is 2.39. The zero-order valence-electron chi connectivity index (χ0n) is 20.1. The highest BCUT2D eigenvalue weighted by atomic mass is 19.4. The standard InChI is InChI=1S/C31H19F3O5/c32-31(33,34)30-29(38-23-14-12-22(13-15-23)21-9-5-2-6-10-21)28(36)25-17-16-24(19-26(25)39-30)37-27(35)18-11-20-7-3-1-4-8-20/h1-19H/b18-11+. The number of fused-ring (bicyclic) bond motifs is 1. The zero-order chi connectivity index (χ0) is 27.4. The fraction of sp³-hybridized carbons (Fsp3) is 0.0323. The van der Waals surface area contributed by atoms with Crippen molar-refractivity contribution >= 4 is 23.0 Å². The highest BCUT2D eigenvalue weighted by molar-refractivity contribution is 5.89. The van der Waals surface area contributed by atoms with Gasteiger partial charge in [0.15, 0.2) is 0 Å². The minimum Gasteiger partial charge on any atom is -0.449 e. The molecule has 0 atom stereocenters. The molecule has 1 heterocycles. The third kappa shape index (κ3) is 5.91. The van der Waals surface area contributed by atoms with E-state index in [1.807, 2.05) is 36.4 Å². The van der Waals surface area contributed by atoms with E-state index in [4.69, 9.17) is 13.9 Å². The minimum atomic E-state index is -5.03. The summed E-state index contributed by atoms with van der Waals surface area (Å²) >= 11 is 0. The van der Waals surface area contributed by atoms with Crippen molar-refractivity contribution in [2.45, 2.75) is 6.18 Å². The summed E-state index contributed by atoms with van der Waals surface area (Å²) in [7, 11) is 0. The highest BCUT2D eigenvalue weighted by Gasteiger charge is 2.40. The Labute approximate surface area is 220 Å². The first kappa shape index (κ1) is 25.5. The van der Waals surface area contributed by atoms with E-state index in [1.165, 1.54) is 36.4 Å². The molecule has 0 aliphatic carbocycles. The van der Waals surface area contributed by atoms with Crippen molar-refractivity contribution in [2.24, 2.45) is 0 Å². The van der Waals surface area contributed by atoms with E-state index in [2.05, 4.69) is 0 Å². The van der Waals surface area contributed by atoms with E-state index in [9.17, 15) is 22.8 Å². The largest absolute Gasteiger partial charge is 0.453 e. The summed E-state index contributed by atoms with van der Waals surface area (Å²) < 4.78 is 57.4. The van der Waals surface area contributed by atoms with Crippen LogP contribution in [0.15, 0.2) is 118 Å². The van der Waals surface area contributed by atoms with E-state index >= 15 is 0 Å². The average Bonchev–Trinajstić information content (AvgIpc) is 2.94. The number of benzene rings is 4. The lowest BCUT2D eigenvalue weighted by Crippen LogP contribution is -2.15. The molecule has 0 amide bonds. The summed E-state index contributed by atoms with van der Waals surface area (Å²) in [5.74, 6) is -3.40. The van der Waals surface area contributed by atoms with Gasteiger partial charge >= 0.3 is 12.1 Å². The Morgan fingerprint density at radius 1 is 0.769 bits per heavy atom. The van der Waals surface area contributed by atoms with E-state index in [0.717, 1.165) is 22.8 Å². The van der Waals surface area contributed by atoms with Crippen LogP contribution in [-0.2, 0) is 11.0 Å². The van der Waals surface area contributed by atoms with Gasteiger partial charge in [-0.05, 0) is 47.0 Å². The second kappa shape index (κ2) is 10.7. The molecule has 0 spiro atoms. The third-order valence-electron chi connectivity index (χ3n) is 5.69. The predicted molar refractivity (Wildman–Crippen MR) is 141 cm³/mol. The van der Waals surface area contributed by atoms with Gasteiger partial charge < -0.3 is 13.9 Å². The second-order valence-corrected chi connectivity index (χ2v) is 8.40. The van der Waals surface area contributed by atoms with Crippen molar-refractivity contribution in [3.8, 4) is 28.4 Å². The van der Waals surface area contributed by atoms with Gasteiger partial charge in [-0.3, -0.25) is 4.79 Å². The van der Waals surface area contributed by atoms with Gasteiger partial charge in [-0.1, -0.05) is 72.8 Å². The van der Waals surface area contributed by atoms with Gasteiger partial charge in [0.25, 0.3) is 5.76 Å². The number of halogens is 3. The maximum atomic E-state index is 13.9. The predicted octanol–water partition coefficient (Wildman–Crippen LogP) is 7.89. The molecule has 1 aromatic heterocycles. The van der Waals surface area contributed by atoms with E-state index in [0.29, 0.717) is 0 Å². The van der Waals surface area contributed by atoms with Gasteiger partial charge in [0, 0.05) is 12.1 Å². The first-order valence-corrected chi connectivity index (χ1v) is 11.7. The Kier molecular flexibility index (Phi) is 7.01. The quantitative estimate of drug-likeness (QED) is 0.127. The third-order valence-corrected chi connectivity index (χ3v) is 5.69. The van der Waals surface area contributed by atoms with Crippen LogP contribution in [0.3, 0.4) is 0 Å². The second-order valence-electron chi connectivity index (χ2n) is 8.40. The smallest absolute Gasteiger partial charge is 0.449 e. The number of carbonyl (C=O) groups is 1. The van der Waals surface area contributed by atoms with Gasteiger partial charge in [0.05, 0.1) is 5.39 Å². The summed E-state index contributed by atoms with van der Waals surface area (Å²) in [5, 5.41) is -0.168. The van der Waals surface area contributed by atoms with Crippen molar-refractivity contribution in [1.29, 1.82) is 0 Å². The van der Waals surface area contributed by atoms with E-state index < -0.39 is 34.7 Å². The molecule has 4 aromatic carbocycles. The molecule has 194 valence electrons. The zero-order valence-corrected chi connectivity index (χ0v) is 20.1. The molecule has 0 unspecified atom stereocenters. The number of hydrogen-bond donors (Lipinski definition) is 0.